The number of rotatable bonds is 10. The molecular formula is C68H70N4O. The minimum atomic E-state index is -0.428. The number of hydrogen-bond donors (Lipinski definition) is 0. The van der Waals surface area contributed by atoms with Crippen molar-refractivity contribution in [1.82, 2.24) is 14.1 Å². The van der Waals surface area contributed by atoms with Crippen LogP contribution in [0.2, 0.25) is 0 Å². The van der Waals surface area contributed by atoms with Gasteiger partial charge in [-0.15, -0.1) is 0 Å². The van der Waals surface area contributed by atoms with E-state index in [1.165, 1.54) is 44.3 Å². The number of fused-ring (bicyclic) bond motifs is 3. The number of benzene rings is 7. The Bertz CT molecular complexity index is 3630. The van der Waals surface area contributed by atoms with Crippen LogP contribution in [0.1, 0.15) is 129 Å². The van der Waals surface area contributed by atoms with Gasteiger partial charge in [-0.25, -0.2) is 4.98 Å². The van der Waals surface area contributed by atoms with E-state index in [4.69, 9.17) is 9.72 Å². The lowest BCUT2D eigenvalue weighted by molar-refractivity contribution is -0.599. The van der Waals surface area contributed by atoms with Gasteiger partial charge in [0.05, 0.1) is 28.1 Å². The molecule has 5 nitrogen and oxygen atoms in total. The zero-order valence-electron chi connectivity index (χ0n) is 45.1. The van der Waals surface area contributed by atoms with Crippen molar-refractivity contribution in [3.05, 3.63) is 234 Å². The highest BCUT2D eigenvalue weighted by Crippen LogP contribution is 2.42. The molecule has 0 atom stereocenters. The van der Waals surface area contributed by atoms with Crippen LogP contribution in [-0.2, 0) is 27.1 Å². The van der Waals surface area contributed by atoms with Gasteiger partial charge < -0.3 is 4.74 Å². The molecule has 0 unspecified atom stereocenters. The lowest BCUT2D eigenvalue weighted by Crippen LogP contribution is -2.29. The number of hydrogen-bond acceptors (Lipinski definition) is 2. The van der Waals surface area contributed by atoms with Crippen LogP contribution in [0.5, 0.6) is 11.5 Å². The zero-order chi connectivity index (χ0) is 51.7. The Labute approximate surface area is 433 Å². The fourth-order valence-electron chi connectivity index (χ4n) is 10.2. The quantitative estimate of drug-likeness (QED) is 0.101. The summed E-state index contributed by atoms with van der Waals surface area (Å²) >= 11 is 0. The molecule has 0 radical (unpaired) electrons. The molecule has 10 rings (SSSR count). The van der Waals surface area contributed by atoms with Crippen LogP contribution in [0, 0.1) is 6.33 Å². The van der Waals surface area contributed by atoms with Gasteiger partial charge in [0.15, 0.2) is 0 Å². The molecule has 368 valence electrons. The molecule has 0 spiro atoms. The maximum Gasteiger partial charge on any atom is 0.269 e. The second-order valence-electron chi connectivity index (χ2n) is 24.2. The van der Waals surface area contributed by atoms with Crippen LogP contribution in [-0.4, -0.2) is 14.1 Å². The molecule has 0 fully saturated rings. The molecule has 5 heteroatoms. The van der Waals surface area contributed by atoms with Gasteiger partial charge in [0.25, 0.3) is 6.33 Å². The highest BCUT2D eigenvalue weighted by Gasteiger charge is 2.31. The van der Waals surface area contributed by atoms with E-state index in [9.17, 15) is 0 Å². The highest BCUT2D eigenvalue weighted by atomic mass is 16.5. The van der Waals surface area contributed by atoms with Gasteiger partial charge in [-0.3, -0.25) is 13.7 Å². The van der Waals surface area contributed by atoms with E-state index in [2.05, 4.69) is 292 Å². The average Bonchev–Trinajstić information content (AvgIpc) is 3.97. The second-order valence-corrected chi connectivity index (χ2v) is 24.2. The van der Waals surface area contributed by atoms with Gasteiger partial charge in [0.2, 0.25) is 0 Å². The standard InChI is InChI=1S/C68H70N4O/c1-64(2,3)50-29-32-60-59(40-50)58-31-30-56(43-61(58)72(60)63-41-51(33-34-69-63)65(4,5)6)73-57-39-53(67(10,11)48-25-19-15-20-26-48)38-55(42-57)71-45-70(44-62(71)68(12,13)49-27-21-16-22-28-49)54-36-47(46-23-17-14-18-24-46)35-52(37-54)66(7,8)9/h14-44H,1-13H3. The fraction of sp³-hybridized carbons (Fsp3) is 0.265. The zero-order valence-corrected chi connectivity index (χ0v) is 45.1. The van der Waals surface area contributed by atoms with E-state index in [1.807, 2.05) is 6.20 Å². The molecule has 0 aliphatic carbocycles. The number of nitrogens with zero attached hydrogens (tertiary/aromatic N) is 4. The maximum absolute atomic E-state index is 7.21. The maximum atomic E-state index is 7.21. The molecule has 3 aromatic heterocycles. The van der Waals surface area contributed by atoms with Crippen molar-refractivity contribution in [3.63, 3.8) is 0 Å². The first-order chi connectivity index (χ1) is 34.6. The van der Waals surface area contributed by atoms with Crippen LogP contribution in [0.3, 0.4) is 0 Å². The van der Waals surface area contributed by atoms with Crippen molar-refractivity contribution in [2.24, 2.45) is 0 Å². The SMILES string of the molecule is CC(C)(C)c1cc(-c2ccccc2)cc(-[n+]2[c-]n(-c3cc(Oc4ccc5c6cc(C(C)(C)C)ccc6n(-c6cc(C(C)(C)C)ccn6)c5c4)cc(C(C)(C)c4ccccc4)c3)c(C(C)(C)c3ccccc3)c2)c1. The van der Waals surface area contributed by atoms with E-state index in [1.54, 1.807) is 0 Å². The predicted molar refractivity (Wildman–Crippen MR) is 303 cm³/mol. The summed E-state index contributed by atoms with van der Waals surface area (Å²) in [6.07, 6.45) is 8.14. The monoisotopic (exact) mass is 959 g/mol. The first-order valence-corrected chi connectivity index (χ1v) is 25.8. The molecule has 0 bridgehead atoms. The Hall–Kier alpha value is -7.50. The van der Waals surface area contributed by atoms with E-state index >= 15 is 0 Å². The summed E-state index contributed by atoms with van der Waals surface area (Å²) in [6.45, 7) is 29.7. The minimum Gasteiger partial charge on any atom is -0.458 e. The number of ether oxygens (including phenoxy) is 1. The lowest BCUT2D eigenvalue weighted by atomic mass is 9.78. The summed E-state index contributed by atoms with van der Waals surface area (Å²) in [6, 6.07) is 63.8. The Kier molecular flexibility index (Phi) is 12.2. The van der Waals surface area contributed by atoms with E-state index in [0.29, 0.717) is 0 Å². The average molecular weight is 959 g/mol. The molecule has 0 saturated heterocycles. The third-order valence-corrected chi connectivity index (χ3v) is 15.1. The topological polar surface area (TPSA) is 35.9 Å². The van der Waals surface area contributed by atoms with Crippen LogP contribution in [0.4, 0.5) is 0 Å². The van der Waals surface area contributed by atoms with Gasteiger partial charge in [0, 0.05) is 40.1 Å². The number of pyridine rings is 1. The van der Waals surface area contributed by atoms with Crippen molar-refractivity contribution in [2.45, 2.75) is 117 Å². The first-order valence-electron chi connectivity index (χ1n) is 25.8. The Morgan fingerprint density at radius 3 is 1.70 bits per heavy atom. The Balaban J connectivity index is 1.19. The summed E-state index contributed by atoms with van der Waals surface area (Å²) in [5.41, 5.74) is 14.0. The summed E-state index contributed by atoms with van der Waals surface area (Å²) in [7, 11) is 0. The van der Waals surface area contributed by atoms with Crippen LogP contribution in [0.25, 0.3) is 50.1 Å². The normalized spacial score (nSPS) is 12.7. The number of aromatic nitrogens is 4. The smallest absolute Gasteiger partial charge is 0.269 e. The Morgan fingerprint density at radius 2 is 1.05 bits per heavy atom. The molecule has 10 aromatic rings. The second kappa shape index (κ2) is 18.2. The predicted octanol–water partition coefficient (Wildman–Crippen LogP) is 17.0. The van der Waals surface area contributed by atoms with Crippen molar-refractivity contribution in [3.8, 4) is 39.8 Å². The van der Waals surface area contributed by atoms with Crippen molar-refractivity contribution < 1.29 is 9.30 Å². The van der Waals surface area contributed by atoms with Crippen LogP contribution in [0.15, 0.2) is 188 Å². The van der Waals surface area contributed by atoms with E-state index in [-0.39, 0.29) is 21.7 Å². The highest BCUT2D eigenvalue weighted by molar-refractivity contribution is 6.09. The van der Waals surface area contributed by atoms with Crippen molar-refractivity contribution in [2.75, 3.05) is 0 Å². The molecule has 0 aliphatic rings. The van der Waals surface area contributed by atoms with Crippen LogP contribution >= 0.6 is 0 Å². The number of imidazole rings is 1. The first kappa shape index (κ1) is 49.1. The molecule has 0 N–H and O–H groups in total. The summed E-state index contributed by atoms with van der Waals surface area (Å²) < 4.78 is 14.0. The molecule has 3 heterocycles. The van der Waals surface area contributed by atoms with Gasteiger partial charge in [-0.05, 0) is 127 Å². The van der Waals surface area contributed by atoms with Gasteiger partial charge >= 0.3 is 0 Å². The largest absolute Gasteiger partial charge is 0.458 e. The van der Waals surface area contributed by atoms with E-state index in [0.717, 1.165) is 56.4 Å². The van der Waals surface area contributed by atoms with Crippen LogP contribution < -0.4 is 9.30 Å². The van der Waals surface area contributed by atoms with Gasteiger partial charge in [0.1, 0.15) is 17.3 Å². The minimum absolute atomic E-state index is 0.0134. The van der Waals surface area contributed by atoms with Crippen molar-refractivity contribution >= 4 is 21.8 Å². The third-order valence-electron chi connectivity index (χ3n) is 15.1. The summed E-state index contributed by atoms with van der Waals surface area (Å²) in [5, 5.41) is 2.35. The molecule has 0 aliphatic heterocycles. The Morgan fingerprint density at radius 1 is 0.438 bits per heavy atom. The van der Waals surface area contributed by atoms with Crippen molar-refractivity contribution in [1.29, 1.82) is 0 Å². The lowest BCUT2D eigenvalue weighted by Gasteiger charge is -2.29. The molecule has 73 heavy (non-hydrogen) atoms. The molecule has 0 saturated carbocycles. The molecule has 0 amide bonds. The third kappa shape index (κ3) is 9.54. The summed E-state index contributed by atoms with van der Waals surface area (Å²) in [4.78, 5) is 5.02. The summed E-state index contributed by atoms with van der Waals surface area (Å²) in [5.74, 6) is 2.36. The fourth-order valence-corrected chi connectivity index (χ4v) is 10.2. The van der Waals surface area contributed by atoms with Gasteiger partial charge in [-0.1, -0.05) is 193 Å². The van der Waals surface area contributed by atoms with Gasteiger partial charge in [-0.2, -0.15) is 0 Å². The molecule has 7 aromatic carbocycles. The molecular weight excluding hydrogens is 889 g/mol. The van der Waals surface area contributed by atoms with E-state index < -0.39 is 5.41 Å².